The molecule has 0 radical (unpaired) electrons. The second kappa shape index (κ2) is 1.74. The Bertz CT molecular complexity index is 102. The first-order chi connectivity index (χ1) is 3.33. The highest BCUT2D eigenvalue weighted by molar-refractivity contribution is 7.86. The van der Waals surface area contributed by atoms with Crippen LogP contribution in [0.25, 0.3) is 0 Å². The van der Waals surface area contributed by atoms with Gasteiger partial charge in [0.15, 0.2) is 0 Å². The van der Waals surface area contributed by atoms with Crippen molar-refractivity contribution in [2.45, 2.75) is 0 Å². The summed E-state index contributed by atoms with van der Waals surface area (Å²) < 4.78 is 10.2. The molecule has 0 saturated carbocycles. The lowest BCUT2D eigenvalue weighted by Gasteiger charge is -2.17. The van der Waals surface area contributed by atoms with Crippen molar-refractivity contribution < 1.29 is 9.00 Å². The molecule has 1 fully saturated rings. The summed E-state index contributed by atoms with van der Waals surface area (Å²) in [6.07, 6.45) is 0.876. The lowest BCUT2D eigenvalue weighted by molar-refractivity contribution is -0.110. The van der Waals surface area contributed by atoms with Crippen molar-refractivity contribution in [3.05, 3.63) is 0 Å². The van der Waals surface area contributed by atoms with Crippen LogP contribution in [0.1, 0.15) is 0 Å². The molecule has 0 N–H and O–H groups in total. The zero-order valence-corrected chi connectivity index (χ0v) is 4.61. The minimum absolute atomic E-state index is 0.112. The smallest absolute Gasteiger partial charge is 0.124 e. The summed E-state index contributed by atoms with van der Waals surface area (Å²) in [5, 5.41) is 0. The first-order valence-corrected chi connectivity index (χ1v) is 3.62. The maximum absolute atomic E-state index is 10.2. The second-order valence-electron chi connectivity index (χ2n) is 1.67. The molecule has 1 rings (SSSR count). The summed E-state index contributed by atoms with van der Waals surface area (Å²) in [5.74, 6) is 1.31. The lowest BCUT2D eigenvalue weighted by atomic mass is 10.2. The van der Waals surface area contributed by atoms with Crippen LogP contribution in [-0.2, 0) is 15.6 Å². The Morgan fingerprint density at radius 1 is 1.57 bits per heavy atom. The quantitative estimate of drug-likeness (QED) is 0.437. The zero-order chi connectivity index (χ0) is 5.28. The van der Waals surface area contributed by atoms with Crippen molar-refractivity contribution >= 4 is 17.1 Å². The number of hydrogen-bond donors (Lipinski definition) is 0. The van der Waals surface area contributed by atoms with E-state index in [0.717, 1.165) is 6.29 Å². The van der Waals surface area contributed by atoms with Crippen LogP contribution in [0.3, 0.4) is 0 Å². The van der Waals surface area contributed by atoms with E-state index in [2.05, 4.69) is 0 Å². The molecule has 0 aliphatic carbocycles. The number of aldehydes is 1. The summed E-state index contributed by atoms with van der Waals surface area (Å²) in [7, 11) is -0.653. The van der Waals surface area contributed by atoms with Gasteiger partial charge in [-0.15, -0.1) is 0 Å². The van der Waals surface area contributed by atoms with Gasteiger partial charge in [0.2, 0.25) is 0 Å². The molecule has 40 valence electrons. The van der Waals surface area contributed by atoms with Gasteiger partial charge in [0.05, 0.1) is 0 Å². The molecule has 0 aromatic heterocycles. The van der Waals surface area contributed by atoms with Gasteiger partial charge in [-0.1, -0.05) is 0 Å². The Balaban J connectivity index is 2.29. The standard InChI is InChI=1S/C4H6O2S/c5-1-4-2-7(6)3-4/h1,4H,2-3H2. The summed E-state index contributed by atoms with van der Waals surface area (Å²) in [4.78, 5) is 9.80. The predicted molar refractivity (Wildman–Crippen MR) is 27.4 cm³/mol. The number of rotatable bonds is 1. The van der Waals surface area contributed by atoms with Gasteiger partial charge in [-0.2, -0.15) is 0 Å². The fraction of sp³-hybridized carbons (Fsp3) is 0.750. The third-order valence-electron chi connectivity index (χ3n) is 0.992. The molecule has 7 heavy (non-hydrogen) atoms. The van der Waals surface area contributed by atoms with Gasteiger partial charge < -0.3 is 4.79 Å². The molecule has 0 aromatic carbocycles. The highest BCUT2D eigenvalue weighted by Crippen LogP contribution is 2.09. The van der Waals surface area contributed by atoms with E-state index >= 15 is 0 Å². The average Bonchev–Trinajstić information content (AvgIpc) is 1.58. The molecule has 0 unspecified atom stereocenters. The van der Waals surface area contributed by atoms with E-state index in [4.69, 9.17) is 0 Å². The van der Waals surface area contributed by atoms with Crippen LogP contribution in [0.15, 0.2) is 0 Å². The monoisotopic (exact) mass is 118 g/mol. The summed E-state index contributed by atoms with van der Waals surface area (Å²) in [6.45, 7) is 0. The van der Waals surface area contributed by atoms with E-state index in [1.807, 2.05) is 0 Å². The molecule has 0 spiro atoms. The van der Waals surface area contributed by atoms with E-state index in [-0.39, 0.29) is 5.92 Å². The van der Waals surface area contributed by atoms with E-state index in [9.17, 15) is 9.00 Å². The first-order valence-electron chi connectivity index (χ1n) is 2.13. The average molecular weight is 118 g/mol. The van der Waals surface area contributed by atoms with Crippen LogP contribution in [0.2, 0.25) is 0 Å². The molecule has 1 aliphatic heterocycles. The minimum Gasteiger partial charge on any atom is -0.303 e. The maximum atomic E-state index is 10.2. The first kappa shape index (κ1) is 4.97. The zero-order valence-electron chi connectivity index (χ0n) is 3.79. The second-order valence-corrected chi connectivity index (χ2v) is 3.22. The van der Waals surface area contributed by atoms with Crippen LogP contribution in [0.4, 0.5) is 0 Å². The van der Waals surface area contributed by atoms with Gasteiger partial charge in [0, 0.05) is 28.2 Å². The Labute approximate surface area is 44.4 Å². The van der Waals surface area contributed by atoms with Crippen LogP contribution >= 0.6 is 0 Å². The molecule has 1 aliphatic rings. The lowest BCUT2D eigenvalue weighted by Crippen LogP contribution is -2.31. The molecule has 0 atom stereocenters. The Kier molecular flexibility index (Phi) is 1.23. The van der Waals surface area contributed by atoms with Gasteiger partial charge in [-0.25, -0.2) is 0 Å². The van der Waals surface area contributed by atoms with E-state index in [1.54, 1.807) is 0 Å². The van der Waals surface area contributed by atoms with Gasteiger partial charge in [0.25, 0.3) is 0 Å². The molecular formula is C4H6O2S. The molecule has 0 bridgehead atoms. The van der Waals surface area contributed by atoms with Crippen molar-refractivity contribution in [2.75, 3.05) is 11.5 Å². The third-order valence-corrected chi connectivity index (χ3v) is 2.59. The molecule has 2 nitrogen and oxygen atoms in total. The molecule has 1 heterocycles. The molecule has 0 amide bonds. The van der Waals surface area contributed by atoms with Gasteiger partial charge in [-0.3, -0.25) is 4.21 Å². The van der Waals surface area contributed by atoms with Crippen molar-refractivity contribution in [2.24, 2.45) is 5.92 Å². The number of carbonyl (C=O) groups is 1. The van der Waals surface area contributed by atoms with E-state index in [1.165, 1.54) is 0 Å². The topological polar surface area (TPSA) is 34.1 Å². The molecule has 1 saturated heterocycles. The Morgan fingerprint density at radius 2 is 2.14 bits per heavy atom. The van der Waals surface area contributed by atoms with Crippen molar-refractivity contribution in [3.63, 3.8) is 0 Å². The minimum atomic E-state index is -0.653. The van der Waals surface area contributed by atoms with Gasteiger partial charge >= 0.3 is 0 Å². The van der Waals surface area contributed by atoms with E-state index < -0.39 is 10.8 Å². The summed E-state index contributed by atoms with van der Waals surface area (Å²) in [5.41, 5.74) is 0. The van der Waals surface area contributed by atoms with Gasteiger partial charge in [0.1, 0.15) is 6.29 Å². The predicted octanol–water partition coefficient (Wildman–Crippen LogP) is -0.436. The highest BCUT2D eigenvalue weighted by atomic mass is 32.2. The van der Waals surface area contributed by atoms with Crippen LogP contribution in [0.5, 0.6) is 0 Å². The van der Waals surface area contributed by atoms with Crippen molar-refractivity contribution in [1.29, 1.82) is 0 Å². The fourth-order valence-electron chi connectivity index (χ4n) is 0.507. The normalized spacial score (nSPS) is 39.4. The fourth-order valence-corrected chi connectivity index (χ4v) is 1.52. The molecule has 3 heteroatoms. The maximum Gasteiger partial charge on any atom is 0.124 e. The summed E-state index contributed by atoms with van der Waals surface area (Å²) in [6, 6.07) is 0. The number of hydrogen-bond acceptors (Lipinski definition) is 2. The van der Waals surface area contributed by atoms with Crippen molar-refractivity contribution in [1.82, 2.24) is 0 Å². The molecular weight excluding hydrogens is 112 g/mol. The highest BCUT2D eigenvalue weighted by Gasteiger charge is 2.23. The Morgan fingerprint density at radius 3 is 2.29 bits per heavy atom. The van der Waals surface area contributed by atoms with E-state index in [0.29, 0.717) is 11.5 Å². The summed E-state index contributed by atoms with van der Waals surface area (Å²) >= 11 is 0. The van der Waals surface area contributed by atoms with Crippen LogP contribution < -0.4 is 0 Å². The number of carbonyl (C=O) groups excluding carboxylic acids is 1. The SMILES string of the molecule is O=CC1CS(=O)C1. The van der Waals surface area contributed by atoms with Crippen molar-refractivity contribution in [3.8, 4) is 0 Å². The molecule has 0 aromatic rings. The third kappa shape index (κ3) is 0.881. The van der Waals surface area contributed by atoms with Gasteiger partial charge in [-0.05, 0) is 0 Å². The largest absolute Gasteiger partial charge is 0.303 e. The van der Waals surface area contributed by atoms with Crippen LogP contribution in [0, 0.1) is 5.92 Å². The van der Waals surface area contributed by atoms with Crippen LogP contribution in [-0.4, -0.2) is 22.0 Å². The Hall–Kier alpha value is -0.180.